The number of amides is 1. The second kappa shape index (κ2) is 7.44. The number of carbonyl (C=O) groups excluding carboxylic acids is 1. The highest BCUT2D eigenvalue weighted by atomic mass is 19.4. The van der Waals surface area contributed by atoms with E-state index >= 15 is 0 Å². The quantitative estimate of drug-likeness (QED) is 0.825. The number of carboxylic acid groups (broad SMARTS) is 1. The van der Waals surface area contributed by atoms with Gasteiger partial charge in [0.05, 0.1) is 18.1 Å². The monoisotopic (exact) mass is 397 g/mol. The highest BCUT2D eigenvalue weighted by Crippen LogP contribution is 2.34. The Morgan fingerprint density at radius 2 is 2.14 bits per heavy atom. The molecule has 6 nitrogen and oxygen atoms in total. The van der Waals surface area contributed by atoms with Gasteiger partial charge in [0.15, 0.2) is 0 Å². The first-order valence-corrected chi connectivity index (χ1v) is 9.12. The Kier molecular flexibility index (Phi) is 5.36. The minimum atomic E-state index is -4.57. The number of hydrogen-bond acceptors (Lipinski definition) is 3. The van der Waals surface area contributed by atoms with Gasteiger partial charge in [-0.25, -0.2) is 0 Å². The number of halogens is 3. The third-order valence-corrected chi connectivity index (χ3v) is 5.16. The van der Waals surface area contributed by atoms with E-state index in [-0.39, 0.29) is 18.9 Å². The fourth-order valence-electron chi connectivity index (χ4n) is 3.85. The molecule has 152 valence electrons. The van der Waals surface area contributed by atoms with E-state index in [0.29, 0.717) is 17.4 Å². The van der Waals surface area contributed by atoms with E-state index in [1.165, 1.54) is 0 Å². The summed E-state index contributed by atoms with van der Waals surface area (Å²) in [5.74, 6) is -2.77. The van der Waals surface area contributed by atoms with Gasteiger partial charge in [0.1, 0.15) is 6.54 Å². The summed E-state index contributed by atoms with van der Waals surface area (Å²) in [5.41, 5.74) is 3.23. The van der Waals surface area contributed by atoms with Gasteiger partial charge in [-0.2, -0.15) is 18.3 Å². The number of aryl methyl sites for hydroxylation is 1. The zero-order valence-corrected chi connectivity index (χ0v) is 15.6. The Morgan fingerprint density at radius 3 is 2.75 bits per heavy atom. The van der Waals surface area contributed by atoms with E-state index in [1.807, 2.05) is 19.9 Å². The Hall–Kier alpha value is -2.58. The summed E-state index contributed by atoms with van der Waals surface area (Å²) in [7, 11) is 0. The summed E-state index contributed by atoms with van der Waals surface area (Å²) >= 11 is 0. The van der Waals surface area contributed by atoms with Crippen molar-refractivity contribution in [2.24, 2.45) is 5.92 Å². The summed E-state index contributed by atoms with van der Waals surface area (Å²) in [6.45, 7) is 2.39. The molecule has 1 aliphatic rings. The minimum Gasteiger partial charge on any atom is -0.481 e. The normalized spacial score (nSPS) is 18.3. The molecule has 9 heteroatoms. The van der Waals surface area contributed by atoms with Crippen LogP contribution in [0.4, 0.5) is 13.2 Å². The van der Waals surface area contributed by atoms with E-state index in [0.717, 1.165) is 21.5 Å². The molecule has 0 saturated heterocycles. The van der Waals surface area contributed by atoms with E-state index in [9.17, 15) is 22.8 Å². The van der Waals surface area contributed by atoms with Gasteiger partial charge in [0.25, 0.3) is 0 Å². The van der Waals surface area contributed by atoms with Crippen molar-refractivity contribution >= 4 is 22.8 Å². The molecule has 0 fully saturated rings. The molecule has 1 aromatic carbocycles. The van der Waals surface area contributed by atoms with Crippen LogP contribution in [-0.2, 0) is 22.6 Å². The van der Waals surface area contributed by atoms with Crippen molar-refractivity contribution in [2.45, 2.75) is 51.7 Å². The van der Waals surface area contributed by atoms with Crippen LogP contribution in [0.3, 0.4) is 0 Å². The Bertz CT molecular complexity index is 905. The molecule has 0 bridgehead atoms. The number of nitrogens with zero attached hydrogens (tertiary/aromatic N) is 2. The van der Waals surface area contributed by atoms with Crippen LogP contribution in [0.15, 0.2) is 12.3 Å². The van der Waals surface area contributed by atoms with Crippen LogP contribution in [0.2, 0.25) is 0 Å². The number of carboxylic acids is 1. The van der Waals surface area contributed by atoms with Gasteiger partial charge in [-0.05, 0) is 35.4 Å². The smallest absolute Gasteiger partial charge is 0.406 e. The number of nitrogens with one attached hydrogen (secondary N) is 1. The van der Waals surface area contributed by atoms with Crippen LogP contribution in [0.1, 0.15) is 49.3 Å². The maximum absolute atomic E-state index is 13.1. The fourth-order valence-corrected chi connectivity index (χ4v) is 3.85. The highest BCUT2D eigenvalue weighted by Gasteiger charge is 2.37. The van der Waals surface area contributed by atoms with Gasteiger partial charge in [-0.1, -0.05) is 19.9 Å². The van der Waals surface area contributed by atoms with Crippen molar-refractivity contribution in [1.82, 2.24) is 15.1 Å². The summed E-state index contributed by atoms with van der Waals surface area (Å²) < 4.78 is 39.3. The summed E-state index contributed by atoms with van der Waals surface area (Å²) in [6.07, 6.45) is -2.86. The lowest BCUT2D eigenvalue weighted by Crippen LogP contribution is -2.43. The van der Waals surface area contributed by atoms with Gasteiger partial charge in [-0.15, -0.1) is 0 Å². The van der Waals surface area contributed by atoms with Crippen molar-refractivity contribution in [3.63, 3.8) is 0 Å². The molecule has 1 aromatic heterocycles. The van der Waals surface area contributed by atoms with Crippen molar-refractivity contribution in [3.8, 4) is 0 Å². The van der Waals surface area contributed by atoms with Crippen LogP contribution in [0.25, 0.3) is 10.9 Å². The third kappa shape index (κ3) is 4.13. The highest BCUT2D eigenvalue weighted by molar-refractivity contribution is 5.88. The summed E-state index contributed by atoms with van der Waals surface area (Å²) in [4.78, 5) is 24.6. The summed E-state index contributed by atoms with van der Waals surface area (Å²) in [6, 6.07) is 1.94. The molecule has 3 rings (SSSR count). The third-order valence-electron chi connectivity index (χ3n) is 5.16. The number of H-pyrrole nitrogens is 1. The molecule has 2 heterocycles. The van der Waals surface area contributed by atoms with Gasteiger partial charge in [-0.3, -0.25) is 14.7 Å². The molecule has 1 amide bonds. The number of carbonyl (C=O) groups is 2. The predicted octanol–water partition coefficient (Wildman–Crippen LogP) is 3.61. The maximum Gasteiger partial charge on any atom is 0.406 e. The van der Waals surface area contributed by atoms with Gasteiger partial charge in [0.2, 0.25) is 5.91 Å². The Balaban J connectivity index is 2.11. The number of aromatic nitrogens is 2. The van der Waals surface area contributed by atoms with Crippen molar-refractivity contribution in [2.75, 3.05) is 6.54 Å². The standard InChI is InChI=1S/C19H22F3N3O3/c1-10(2)13-5-11-3-4-12(6-16(26)27)18(28)25(9-19(20,21)22)8-15(11)14-7-23-24-17(13)14/h5,7,10,12H,3-4,6,8-9H2,1-2H3,(H,23,24)(H,26,27)/t12-/m0/s1. The van der Waals surface area contributed by atoms with Crippen LogP contribution in [-0.4, -0.2) is 44.8 Å². The average molecular weight is 397 g/mol. The molecular formula is C19H22F3N3O3. The molecule has 1 atom stereocenters. The molecule has 0 unspecified atom stereocenters. The maximum atomic E-state index is 13.1. The second-order valence-corrected chi connectivity index (χ2v) is 7.56. The molecule has 0 radical (unpaired) electrons. The number of hydrogen-bond donors (Lipinski definition) is 2. The number of benzene rings is 1. The average Bonchev–Trinajstić information content (AvgIpc) is 3.04. The largest absolute Gasteiger partial charge is 0.481 e. The first kappa shape index (κ1) is 20.2. The van der Waals surface area contributed by atoms with E-state index in [2.05, 4.69) is 10.2 Å². The van der Waals surface area contributed by atoms with Gasteiger partial charge < -0.3 is 10.0 Å². The van der Waals surface area contributed by atoms with Crippen LogP contribution in [0.5, 0.6) is 0 Å². The number of alkyl halides is 3. The van der Waals surface area contributed by atoms with Crippen molar-refractivity contribution < 1.29 is 27.9 Å². The molecule has 2 N–H and O–H groups in total. The van der Waals surface area contributed by atoms with Crippen LogP contribution in [0, 0.1) is 5.92 Å². The van der Waals surface area contributed by atoms with E-state index in [4.69, 9.17) is 5.11 Å². The minimum absolute atomic E-state index is 0.168. The fraction of sp³-hybridized carbons (Fsp3) is 0.526. The number of aliphatic carboxylic acids is 1. The van der Waals surface area contributed by atoms with Gasteiger partial charge >= 0.3 is 12.1 Å². The molecule has 0 saturated carbocycles. The zero-order chi connectivity index (χ0) is 20.6. The van der Waals surface area contributed by atoms with Gasteiger partial charge in [0, 0.05) is 17.8 Å². The molecule has 28 heavy (non-hydrogen) atoms. The number of aromatic amines is 1. The molecular weight excluding hydrogens is 375 g/mol. The Labute approximate surface area is 159 Å². The lowest BCUT2D eigenvalue weighted by Gasteiger charge is -2.31. The lowest BCUT2D eigenvalue weighted by atomic mass is 9.86. The number of fused-ring (bicyclic) bond motifs is 3. The molecule has 0 aliphatic carbocycles. The Morgan fingerprint density at radius 1 is 1.43 bits per heavy atom. The summed E-state index contributed by atoms with van der Waals surface area (Å²) in [5, 5.41) is 16.8. The molecule has 1 aliphatic heterocycles. The first-order chi connectivity index (χ1) is 13.1. The van der Waals surface area contributed by atoms with Crippen LogP contribution >= 0.6 is 0 Å². The topological polar surface area (TPSA) is 86.3 Å². The van der Waals surface area contributed by atoms with E-state index < -0.39 is 36.9 Å². The zero-order valence-electron chi connectivity index (χ0n) is 15.6. The van der Waals surface area contributed by atoms with E-state index in [1.54, 1.807) is 6.20 Å². The predicted molar refractivity (Wildman–Crippen MR) is 95.7 cm³/mol. The molecule has 0 spiro atoms. The van der Waals surface area contributed by atoms with Crippen LogP contribution < -0.4 is 0 Å². The molecule has 2 aromatic rings. The lowest BCUT2D eigenvalue weighted by molar-refractivity contribution is -0.166. The SMILES string of the molecule is CC(C)c1cc2c(c3cn[nH]c13)CN(CC(F)(F)F)C(=O)[C@H](CC(=O)O)CC2. The first-order valence-electron chi connectivity index (χ1n) is 9.12. The second-order valence-electron chi connectivity index (χ2n) is 7.56. The van der Waals surface area contributed by atoms with Crippen molar-refractivity contribution in [3.05, 3.63) is 29.0 Å². The van der Waals surface area contributed by atoms with Crippen molar-refractivity contribution in [1.29, 1.82) is 0 Å². The number of rotatable bonds is 4.